The van der Waals surface area contributed by atoms with E-state index in [1.54, 1.807) is 38.5 Å². The summed E-state index contributed by atoms with van der Waals surface area (Å²) in [5.74, 6) is -0.203. The van der Waals surface area contributed by atoms with Crippen molar-refractivity contribution in [3.8, 4) is 11.6 Å². The van der Waals surface area contributed by atoms with Gasteiger partial charge in [0.1, 0.15) is 11.6 Å². The van der Waals surface area contributed by atoms with Gasteiger partial charge in [0.05, 0.1) is 11.9 Å². The molecule has 1 fully saturated rings. The number of aromatic nitrogens is 5. The van der Waals surface area contributed by atoms with Crippen LogP contribution in [0.3, 0.4) is 0 Å². The van der Waals surface area contributed by atoms with E-state index >= 15 is 0 Å². The van der Waals surface area contributed by atoms with E-state index in [9.17, 15) is 14.0 Å². The van der Waals surface area contributed by atoms with Crippen LogP contribution < -0.4 is 15.4 Å². The molecule has 0 bridgehead atoms. The molecule has 0 spiro atoms. The molecule has 0 unspecified atom stereocenters. The summed E-state index contributed by atoms with van der Waals surface area (Å²) in [6, 6.07) is 7.28. The van der Waals surface area contributed by atoms with Crippen molar-refractivity contribution >= 4 is 29.0 Å². The van der Waals surface area contributed by atoms with Gasteiger partial charge in [-0.3, -0.25) is 14.3 Å². The molecule has 0 saturated heterocycles. The lowest BCUT2D eigenvalue weighted by Crippen LogP contribution is -2.15. The van der Waals surface area contributed by atoms with E-state index in [2.05, 4.69) is 25.8 Å². The summed E-state index contributed by atoms with van der Waals surface area (Å²) in [7, 11) is 1.70. The minimum atomic E-state index is -0.613. The number of aryl methyl sites for hydroxylation is 2. The predicted molar refractivity (Wildman–Crippen MR) is 117 cm³/mol. The number of nitrogens with zero attached hydrogens (tertiary/aromatic N) is 5. The molecular formula is C22H20FN7O3. The van der Waals surface area contributed by atoms with E-state index in [0.717, 1.165) is 12.8 Å². The Kier molecular flexibility index (Phi) is 5.00. The van der Waals surface area contributed by atoms with Crippen molar-refractivity contribution in [1.82, 2.24) is 24.4 Å². The number of ether oxygens (including phenoxy) is 1. The Bertz CT molecular complexity index is 1390. The van der Waals surface area contributed by atoms with Gasteiger partial charge in [-0.25, -0.2) is 13.9 Å². The quantitative estimate of drug-likeness (QED) is 0.467. The van der Waals surface area contributed by atoms with E-state index in [0.29, 0.717) is 17.0 Å². The molecular weight excluding hydrogens is 429 g/mol. The van der Waals surface area contributed by atoms with E-state index in [1.165, 1.54) is 27.4 Å². The lowest BCUT2D eigenvalue weighted by atomic mass is 10.2. The van der Waals surface area contributed by atoms with Crippen molar-refractivity contribution in [3.63, 3.8) is 0 Å². The molecule has 2 N–H and O–H groups in total. The molecule has 0 radical (unpaired) electrons. The molecule has 10 nitrogen and oxygen atoms in total. The van der Waals surface area contributed by atoms with Crippen LogP contribution in [0.2, 0.25) is 0 Å². The van der Waals surface area contributed by atoms with Gasteiger partial charge >= 0.3 is 0 Å². The van der Waals surface area contributed by atoms with Gasteiger partial charge in [0, 0.05) is 36.9 Å². The summed E-state index contributed by atoms with van der Waals surface area (Å²) in [4.78, 5) is 28.7. The summed E-state index contributed by atoms with van der Waals surface area (Å²) >= 11 is 0. The lowest BCUT2D eigenvalue weighted by molar-refractivity contribution is -0.117. The fourth-order valence-electron chi connectivity index (χ4n) is 3.35. The SMILES string of the molecule is Cc1cn(C)nc1C(=O)Nc1cc(Oc2ccc3nc(NC(=O)C4CC4)cn3n2)ccc1F. The Hall–Kier alpha value is -4.28. The minimum absolute atomic E-state index is 0.0448. The van der Waals surface area contributed by atoms with Gasteiger partial charge in [-0.1, -0.05) is 0 Å². The molecule has 11 heteroatoms. The molecule has 168 valence electrons. The molecule has 33 heavy (non-hydrogen) atoms. The van der Waals surface area contributed by atoms with Crippen LogP contribution in [0, 0.1) is 18.7 Å². The molecule has 1 aromatic carbocycles. The van der Waals surface area contributed by atoms with E-state index in [-0.39, 0.29) is 34.8 Å². The number of benzene rings is 1. The number of imidazole rings is 1. The average Bonchev–Trinajstić information content (AvgIpc) is 3.46. The summed E-state index contributed by atoms with van der Waals surface area (Å²) < 4.78 is 23.1. The molecule has 5 rings (SSSR count). The number of fused-ring (bicyclic) bond motifs is 1. The van der Waals surface area contributed by atoms with Crippen molar-refractivity contribution in [3.05, 3.63) is 59.8 Å². The standard InChI is InChI=1S/C22H20FN7O3/c1-12-10-29(2)28-20(12)22(32)24-16-9-14(5-6-15(16)23)33-19-8-7-18-25-17(11-30(18)27-19)26-21(31)13-3-4-13/h5-11,13H,3-4H2,1-2H3,(H,24,32)(H,26,31). The van der Waals surface area contributed by atoms with Crippen molar-refractivity contribution in [2.45, 2.75) is 19.8 Å². The lowest BCUT2D eigenvalue weighted by Gasteiger charge is -2.09. The number of carbonyl (C=O) groups excluding carboxylic acids is 2. The normalized spacial score (nSPS) is 13.2. The fraction of sp³-hybridized carbons (Fsp3) is 0.227. The Labute approximate surface area is 187 Å². The van der Waals surface area contributed by atoms with Crippen LogP contribution >= 0.6 is 0 Å². The predicted octanol–water partition coefficient (Wildman–Crippen LogP) is 3.30. The van der Waals surface area contributed by atoms with Crippen LogP contribution in [0.5, 0.6) is 11.6 Å². The van der Waals surface area contributed by atoms with Gasteiger partial charge in [0.2, 0.25) is 11.8 Å². The summed E-state index contributed by atoms with van der Waals surface area (Å²) in [6.45, 7) is 1.75. The molecule has 0 aliphatic heterocycles. The fourth-order valence-corrected chi connectivity index (χ4v) is 3.35. The van der Waals surface area contributed by atoms with Gasteiger partial charge in [-0.2, -0.15) is 5.10 Å². The summed E-state index contributed by atoms with van der Waals surface area (Å²) in [5, 5.41) is 13.7. The zero-order valence-electron chi connectivity index (χ0n) is 17.9. The zero-order valence-corrected chi connectivity index (χ0v) is 17.9. The molecule has 1 saturated carbocycles. The number of hydrogen-bond donors (Lipinski definition) is 2. The summed E-state index contributed by atoms with van der Waals surface area (Å²) in [6.07, 6.45) is 5.09. The first kappa shape index (κ1) is 20.6. The molecule has 2 amide bonds. The number of anilines is 2. The second-order valence-electron chi connectivity index (χ2n) is 7.90. The maximum Gasteiger partial charge on any atom is 0.276 e. The van der Waals surface area contributed by atoms with Crippen molar-refractivity contribution in [1.29, 1.82) is 0 Å². The second kappa shape index (κ2) is 8.01. The van der Waals surface area contributed by atoms with Gasteiger partial charge in [-0.05, 0) is 38.0 Å². The average molecular weight is 449 g/mol. The first-order valence-electron chi connectivity index (χ1n) is 10.3. The molecule has 1 aliphatic carbocycles. The Morgan fingerprint density at radius 1 is 1.12 bits per heavy atom. The molecule has 1 aliphatic rings. The third-order valence-corrected chi connectivity index (χ3v) is 5.13. The highest BCUT2D eigenvalue weighted by Gasteiger charge is 2.30. The van der Waals surface area contributed by atoms with E-state index < -0.39 is 11.7 Å². The number of rotatable bonds is 6. The van der Waals surface area contributed by atoms with Crippen molar-refractivity contribution in [2.24, 2.45) is 13.0 Å². The van der Waals surface area contributed by atoms with Gasteiger partial charge in [-0.15, -0.1) is 5.10 Å². The highest BCUT2D eigenvalue weighted by molar-refractivity contribution is 6.04. The van der Waals surface area contributed by atoms with E-state index in [1.807, 2.05) is 0 Å². The third kappa shape index (κ3) is 4.38. The smallest absolute Gasteiger partial charge is 0.276 e. The highest BCUT2D eigenvalue weighted by atomic mass is 19.1. The van der Waals surface area contributed by atoms with Crippen LogP contribution in [-0.4, -0.2) is 36.2 Å². The Balaban J connectivity index is 1.32. The molecule has 4 aromatic rings. The molecule has 0 atom stereocenters. The first-order chi connectivity index (χ1) is 15.9. The Morgan fingerprint density at radius 2 is 1.94 bits per heavy atom. The monoisotopic (exact) mass is 449 g/mol. The summed E-state index contributed by atoms with van der Waals surface area (Å²) in [5.41, 5.74) is 1.37. The van der Waals surface area contributed by atoms with Crippen molar-refractivity contribution in [2.75, 3.05) is 10.6 Å². The van der Waals surface area contributed by atoms with Crippen LogP contribution in [0.15, 0.2) is 42.7 Å². The topological polar surface area (TPSA) is 115 Å². The van der Waals surface area contributed by atoms with Crippen molar-refractivity contribution < 1.29 is 18.7 Å². The maximum absolute atomic E-state index is 14.3. The molecule has 3 heterocycles. The minimum Gasteiger partial charge on any atom is -0.438 e. The highest BCUT2D eigenvalue weighted by Crippen LogP contribution is 2.30. The van der Waals surface area contributed by atoms with Crippen LogP contribution in [0.1, 0.15) is 28.9 Å². The van der Waals surface area contributed by atoms with Crippen LogP contribution in [-0.2, 0) is 11.8 Å². The zero-order chi connectivity index (χ0) is 23.1. The number of carbonyl (C=O) groups is 2. The first-order valence-corrected chi connectivity index (χ1v) is 10.3. The number of nitrogens with one attached hydrogen (secondary N) is 2. The van der Waals surface area contributed by atoms with E-state index in [4.69, 9.17) is 4.74 Å². The third-order valence-electron chi connectivity index (χ3n) is 5.13. The number of hydrogen-bond acceptors (Lipinski definition) is 6. The van der Waals surface area contributed by atoms with Crippen LogP contribution in [0.4, 0.5) is 15.9 Å². The maximum atomic E-state index is 14.3. The number of halogens is 1. The van der Waals surface area contributed by atoms with Gasteiger partial charge in [0.25, 0.3) is 5.91 Å². The van der Waals surface area contributed by atoms with Gasteiger partial charge < -0.3 is 15.4 Å². The van der Waals surface area contributed by atoms with Crippen LogP contribution in [0.25, 0.3) is 5.65 Å². The number of amides is 2. The second-order valence-corrected chi connectivity index (χ2v) is 7.90. The Morgan fingerprint density at radius 3 is 2.67 bits per heavy atom. The largest absolute Gasteiger partial charge is 0.438 e. The molecule has 3 aromatic heterocycles. The van der Waals surface area contributed by atoms with Gasteiger partial charge in [0.15, 0.2) is 17.2 Å².